The zero-order chi connectivity index (χ0) is 13.8. The fourth-order valence-electron chi connectivity index (χ4n) is 1.29. The smallest absolute Gasteiger partial charge is 0.333 e. The molecule has 0 fully saturated rings. The lowest BCUT2D eigenvalue weighted by atomic mass is 10.1. The molecule has 1 unspecified atom stereocenters. The Morgan fingerprint density at radius 1 is 1.50 bits per heavy atom. The molecule has 100 valence electrons. The zero-order valence-corrected chi connectivity index (χ0v) is 14.6. The van der Waals surface area contributed by atoms with Crippen LogP contribution in [0.25, 0.3) is 0 Å². The van der Waals surface area contributed by atoms with Crippen LogP contribution >= 0.6 is 47.8 Å². The Balaban J connectivity index is 2.38. The van der Waals surface area contributed by atoms with Crippen molar-refractivity contribution in [2.75, 3.05) is 13.2 Å². The van der Waals surface area contributed by atoms with E-state index in [9.17, 15) is 4.79 Å². The van der Waals surface area contributed by atoms with Crippen LogP contribution < -0.4 is 0 Å². The molecule has 0 bridgehead atoms. The predicted octanol–water partition coefficient (Wildman–Crippen LogP) is 4.17. The molecular formula is C12H13Br3O3. The third-order valence-electron chi connectivity index (χ3n) is 2.06. The van der Waals surface area contributed by atoms with E-state index in [-0.39, 0.29) is 6.61 Å². The van der Waals surface area contributed by atoms with E-state index < -0.39 is 10.5 Å². The van der Waals surface area contributed by atoms with Crippen molar-refractivity contribution >= 4 is 53.8 Å². The van der Waals surface area contributed by atoms with Gasteiger partial charge < -0.3 is 9.47 Å². The Bertz CT molecular complexity index is 415. The van der Waals surface area contributed by atoms with Gasteiger partial charge in [-0.3, -0.25) is 0 Å². The Hall–Kier alpha value is 0.0900. The second-order valence-electron chi connectivity index (χ2n) is 3.85. The van der Waals surface area contributed by atoms with Gasteiger partial charge in [-0.05, 0) is 35.0 Å². The fourth-order valence-corrected chi connectivity index (χ4v) is 4.30. The van der Waals surface area contributed by atoms with Gasteiger partial charge in [-0.1, -0.05) is 38.4 Å². The summed E-state index contributed by atoms with van der Waals surface area (Å²) in [6.07, 6.45) is 4.55. The minimum Gasteiger partial charge on any atom is -0.460 e. The summed E-state index contributed by atoms with van der Waals surface area (Å²) in [6.45, 7) is 5.62. The molecule has 18 heavy (non-hydrogen) atoms. The van der Waals surface area contributed by atoms with Crippen LogP contribution in [0.1, 0.15) is 13.3 Å². The SMILES string of the molecule is C=C(C)C(=O)OCCOC1(Br)C=C(Br)C=C(Br)C1. The molecule has 6 heteroatoms. The van der Waals surface area contributed by atoms with Crippen molar-refractivity contribution in [3.63, 3.8) is 0 Å². The molecule has 1 rings (SSSR count). The van der Waals surface area contributed by atoms with Gasteiger partial charge in [0.1, 0.15) is 11.1 Å². The fraction of sp³-hybridized carbons (Fsp3) is 0.417. The van der Waals surface area contributed by atoms with Gasteiger partial charge in [0.25, 0.3) is 0 Å². The largest absolute Gasteiger partial charge is 0.460 e. The van der Waals surface area contributed by atoms with Crippen molar-refractivity contribution in [1.82, 2.24) is 0 Å². The Morgan fingerprint density at radius 2 is 2.17 bits per heavy atom. The molecule has 0 aromatic carbocycles. The molecule has 0 spiro atoms. The van der Waals surface area contributed by atoms with Gasteiger partial charge >= 0.3 is 5.97 Å². The van der Waals surface area contributed by atoms with Gasteiger partial charge in [0.15, 0.2) is 0 Å². The van der Waals surface area contributed by atoms with Crippen LogP contribution in [0.4, 0.5) is 0 Å². The van der Waals surface area contributed by atoms with Crippen LogP contribution in [-0.2, 0) is 14.3 Å². The van der Waals surface area contributed by atoms with Gasteiger partial charge in [0.05, 0.1) is 6.61 Å². The number of carbonyl (C=O) groups is 1. The number of allylic oxidation sites excluding steroid dienone is 2. The maximum Gasteiger partial charge on any atom is 0.333 e. The van der Waals surface area contributed by atoms with Crippen LogP contribution in [0.2, 0.25) is 0 Å². The number of hydrogen-bond donors (Lipinski definition) is 0. The van der Waals surface area contributed by atoms with E-state index in [0.29, 0.717) is 18.6 Å². The summed E-state index contributed by atoms with van der Waals surface area (Å²) >= 11 is 10.4. The van der Waals surface area contributed by atoms with Crippen molar-refractivity contribution in [2.45, 2.75) is 17.9 Å². The molecule has 1 aliphatic rings. The molecule has 0 radical (unpaired) electrons. The van der Waals surface area contributed by atoms with Crippen molar-refractivity contribution in [1.29, 1.82) is 0 Å². The minimum absolute atomic E-state index is 0.200. The average Bonchev–Trinajstić information content (AvgIpc) is 2.21. The van der Waals surface area contributed by atoms with Crippen LogP contribution in [0, 0.1) is 0 Å². The van der Waals surface area contributed by atoms with Crippen molar-refractivity contribution in [3.05, 3.63) is 33.3 Å². The third-order valence-corrected chi connectivity index (χ3v) is 3.77. The first-order chi connectivity index (χ1) is 8.32. The molecule has 0 aromatic heterocycles. The Morgan fingerprint density at radius 3 is 2.72 bits per heavy atom. The van der Waals surface area contributed by atoms with Gasteiger partial charge in [-0.25, -0.2) is 4.79 Å². The molecule has 0 amide bonds. The molecule has 0 aliphatic heterocycles. The third kappa shape index (κ3) is 5.38. The normalized spacial score (nSPS) is 23.1. The quantitative estimate of drug-likeness (QED) is 0.276. The van der Waals surface area contributed by atoms with Crippen LogP contribution in [0.3, 0.4) is 0 Å². The highest BCUT2D eigenvalue weighted by atomic mass is 79.9. The predicted molar refractivity (Wildman–Crippen MR) is 82.0 cm³/mol. The van der Waals surface area contributed by atoms with Crippen LogP contribution in [0.15, 0.2) is 33.3 Å². The van der Waals surface area contributed by atoms with Crippen molar-refractivity contribution in [2.24, 2.45) is 0 Å². The van der Waals surface area contributed by atoms with E-state index >= 15 is 0 Å². The summed E-state index contributed by atoms with van der Waals surface area (Å²) in [7, 11) is 0. The number of carbonyl (C=O) groups excluding carboxylic acids is 1. The molecule has 3 nitrogen and oxygen atoms in total. The summed E-state index contributed by atoms with van der Waals surface area (Å²) in [6, 6.07) is 0. The maximum atomic E-state index is 11.2. The number of rotatable bonds is 5. The summed E-state index contributed by atoms with van der Waals surface area (Å²) in [5, 5.41) is 0. The van der Waals surface area contributed by atoms with Crippen LogP contribution in [0.5, 0.6) is 0 Å². The van der Waals surface area contributed by atoms with Gasteiger partial charge in [0, 0.05) is 21.0 Å². The van der Waals surface area contributed by atoms with E-state index in [0.717, 1.165) is 8.96 Å². The number of halogens is 3. The standard InChI is InChI=1S/C12H13Br3O3/c1-8(2)11(16)17-3-4-18-12(15)6-9(13)5-10(14)7-12/h5-6H,1,3-4,7H2,2H3. The van der Waals surface area contributed by atoms with E-state index in [1.54, 1.807) is 6.92 Å². The lowest BCUT2D eigenvalue weighted by Crippen LogP contribution is -2.26. The second kappa shape index (κ2) is 7.03. The van der Waals surface area contributed by atoms with E-state index in [1.165, 1.54) is 0 Å². The van der Waals surface area contributed by atoms with E-state index in [4.69, 9.17) is 9.47 Å². The Kier molecular flexibility index (Phi) is 6.30. The van der Waals surface area contributed by atoms with Gasteiger partial charge in [-0.15, -0.1) is 0 Å². The summed E-state index contributed by atoms with van der Waals surface area (Å²) < 4.78 is 12.0. The molecule has 0 N–H and O–H groups in total. The van der Waals surface area contributed by atoms with Crippen molar-refractivity contribution in [3.8, 4) is 0 Å². The monoisotopic (exact) mass is 442 g/mol. The van der Waals surface area contributed by atoms with E-state index in [2.05, 4.69) is 54.4 Å². The first-order valence-corrected chi connectivity index (χ1v) is 7.60. The lowest BCUT2D eigenvalue weighted by molar-refractivity contribution is -0.141. The zero-order valence-electron chi connectivity index (χ0n) is 9.84. The summed E-state index contributed by atoms with van der Waals surface area (Å²) in [5.41, 5.74) is 0.384. The number of esters is 1. The lowest BCUT2D eigenvalue weighted by Gasteiger charge is -2.27. The number of alkyl halides is 1. The van der Waals surface area contributed by atoms with E-state index in [1.807, 2.05) is 12.2 Å². The second-order valence-corrected chi connectivity index (χ2v) is 7.12. The molecule has 1 atom stereocenters. The highest BCUT2D eigenvalue weighted by Crippen LogP contribution is 2.38. The highest BCUT2D eigenvalue weighted by molar-refractivity contribution is 9.12. The highest BCUT2D eigenvalue weighted by Gasteiger charge is 2.29. The maximum absolute atomic E-state index is 11.2. The first kappa shape index (κ1) is 16.1. The summed E-state index contributed by atoms with van der Waals surface area (Å²) in [4.78, 5) is 11.2. The molecule has 0 saturated heterocycles. The summed E-state index contributed by atoms with van der Waals surface area (Å²) in [5.74, 6) is -0.399. The van der Waals surface area contributed by atoms with Crippen molar-refractivity contribution < 1.29 is 14.3 Å². The molecule has 0 aromatic rings. The molecule has 0 heterocycles. The molecular weight excluding hydrogens is 432 g/mol. The first-order valence-electron chi connectivity index (χ1n) is 5.22. The van der Waals surface area contributed by atoms with Crippen LogP contribution in [-0.4, -0.2) is 23.7 Å². The van der Waals surface area contributed by atoms with Gasteiger partial charge in [0.2, 0.25) is 0 Å². The Labute approximate surface area is 132 Å². The number of hydrogen-bond acceptors (Lipinski definition) is 3. The van der Waals surface area contributed by atoms with Gasteiger partial charge in [-0.2, -0.15) is 0 Å². The molecule has 0 saturated carbocycles. The number of ether oxygens (including phenoxy) is 2. The molecule has 1 aliphatic carbocycles. The average molecular weight is 445 g/mol. The minimum atomic E-state index is -0.574. The topological polar surface area (TPSA) is 35.5 Å².